The molecule has 1 aromatic rings. The lowest BCUT2D eigenvalue weighted by atomic mass is 9.92. The van der Waals surface area contributed by atoms with E-state index in [4.69, 9.17) is 11.6 Å². The van der Waals surface area contributed by atoms with Gasteiger partial charge in [0.1, 0.15) is 16.8 Å². The maximum absolute atomic E-state index is 5.97. The summed E-state index contributed by atoms with van der Waals surface area (Å²) in [4.78, 5) is 8.65. The van der Waals surface area contributed by atoms with Gasteiger partial charge in [0.2, 0.25) is 0 Å². The smallest absolute Gasteiger partial charge is 0.135 e. The van der Waals surface area contributed by atoms with Gasteiger partial charge >= 0.3 is 0 Å². The highest BCUT2D eigenvalue weighted by Gasteiger charge is 2.10. The average molecular weight is 256 g/mol. The van der Waals surface area contributed by atoms with Crippen LogP contribution in [-0.2, 0) is 0 Å². The molecule has 0 saturated carbocycles. The van der Waals surface area contributed by atoms with Gasteiger partial charge in [-0.25, -0.2) is 9.97 Å². The molecule has 3 nitrogen and oxygen atoms in total. The first-order chi connectivity index (χ1) is 7.78. The fourth-order valence-electron chi connectivity index (χ4n) is 1.35. The van der Waals surface area contributed by atoms with Crippen LogP contribution in [-0.4, -0.2) is 16.5 Å². The highest BCUT2D eigenvalue weighted by molar-refractivity contribution is 6.29. The maximum Gasteiger partial charge on any atom is 0.135 e. The van der Waals surface area contributed by atoms with Crippen LogP contribution in [0.25, 0.3) is 0 Å². The summed E-state index contributed by atoms with van der Waals surface area (Å²) in [6.07, 6.45) is 1.09. The molecule has 0 aliphatic heterocycles. The number of hydrogen-bond acceptors (Lipinski definition) is 3. The summed E-state index contributed by atoms with van der Waals surface area (Å²) < 4.78 is 0. The molecular formula is C13H22ClN3. The SMILES string of the molecule is CC(C)c1nc(Cl)cc(NCCC(C)(C)C)n1. The number of nitrogens with one attached hydrogen (secondary N) is 1. The van der Waals surface area contributed by atoms with Crippen molar-refractivity contribution >= 4 is 17.4 Å². The zero-order valence-corrected chi connectivity index (χ0v) is 12.1. The third-order valence-corrected chi connectivity index (χ3v) is 2.60. The van der Waals surface area contributed by atoms with Gasteiger partial charge < -0.3 is 5.32 Å². The van der Waals surface area contributed by atoms with E-state index < -0.39 is 0 Å². The minimum atomic E-state index is 0.289. The van der Waals surface area contributed by atoms with Crippen molar-refractivity contribution in [1.29, 1.82) is 0 Å². The van der Waals surface area contributed by atoms with Crippen molar-refractivity contribution < 1.29 is 0 Å². The highest BCUT2D eigenvalue weighted by atomic mass is 35.5. The van der Waals surface area contributed by atoms with Crippen molar-refractivity contribution in [2.24, 2.45) is 5.41 Å². The number of anilines is 1. The lowest BCUT2D eigenvalue weighted by Gasteiger charge is -2.18. The van der Waals surface area contributed by atoms with E-state index in [0.717, 1.165) is 24.6 Å². The normalized spacial score (nSPS) is 11.9. The molecule has 4 heteroatoms. The molecule has 96 valence electrons. The van der Waals surface area contributed by atoms with E-state index in [1.807, 2.05) is 0 Å². The largest absolute Gasteiger partial charge is 0.370 e. The summed E-state index contributed by atoms with van der Waals surface area (Å²) in [5.41, 5.74) is 0.324. The Labute approximate surface area is 109 Å². The predicted octanol–water partition coefficient (Wildman–Crippen LogP) is 4.10. The first kappa shape index (κ1) is 14.2. The second-order valence-corrected chi connectivity index (χ2v) is 6.21. The number of rotatable bonds is 4. The van der Waals surface area contributed by atoms with Crippen LogP contribution in [0.1, 0.15) is 52.8 Å². The van der Waals surface area contributed by atoms with Crippen molar-refractivity contribution in [1.82, 2.24) is 9.97 Å². The molecule has 1 N–H and O–H groups in total. The van der Waals surface area contributed by atoms with E-state index in [9.17, 15) is 0 Å². The van der Waals surface area contributed by atoms with Crippen LogP contribution >= 0.6 is 11.6 Å². The second kappa shape index (κ2) is 5.67. The molecule has 0 radical (unpaired) electrons. The molecule has 1 rings (SSSR count). The summed E-state index contributed by atoms with van der Waals surface area (Å²) >= 11 is 5.97. The third kappa shape index (κ3) is 5.35. The maximum atomic E-state index is 5.97. The zero-order chi connectivity index (χ0) is 13.1. The number of aromatic nitrogens is 2. The number of hydrogen-bond donors (Lipinski definition) is 1. The zero-order valence-electron chi connectivity index (χ0n) is 11.3. The van der Waals surface area contributed by atoms with Crippen LogP contribution in [0, 0.1) is 5.41 Å². The summed E-state index contributed by atoms with van der Waals surface area (Å²) in [6, 6.07) is 1.77. The van der Waals surface area contributed by atoms with E-state index in [0.29, 0.717) is 10.6 Å². The van der Waals surface area contributed by atoms with Crippen LogP contribution in [0.4, 0.5) is 5.82 Å². The van der Waals surface area contributed by atoms with E-state index in [-0.39, 0.29) is 5.92 Å². The van der Waals surface area contributed by atoms with Gasteiger partial charge in [0.15, 0.2) is 0 Å². The van der Waals surface area contributed by atoms with Crippen molar-refractivity contribution in [2.45, 2.75) is 47.0 Å². The fourth-order valence-corrected chi connectivity index (χ4v) is 1.54. The highest BCUT2D eigenvalue weighted by Crippen LogP contribution is 2.20. The van der Waals surface area contributed by atoms with Crippen LogP contribution in [0.15, 0.2) is 6.07 Å². The van der Waals surface area contributed by atoms with Gasteiger partial charge in [0.05, 0.1) is 0 Å². The van der Waals surface area contributed by atoms with E-state index >= 15 is 0 Å². The van der Waals surface area contributed by atoms with E-state index in [1.165, 1.54) is 0 Å². The molecule has 0 atom stereocenters. The third-order valence-electron chi connectivity index (χ3n) is 2.41. The van der Waals surface area contributed by atoms with Crippen molar-refractivity contribution in [2.75, 3.05) is 11.9 Å². The van der Waals surface area contributed by atoms with Gasteiger partial charge in [0, 0.05) is 18.5 Å². The van der Waals surface area contributed by atoms with E-state index in [2.05, 4.69) is 49.9 Å². The van der Waals surface area contributed by atoms with Gasteiger partial charge in [-0.2, -0.15) is 0 Å². The quantitative estimate of drug-likeness (QED) is 0.823. The first-order valence-electron chi connectivity index (χ1n) is 6.06. The Bertz CT molecular complexity index is 369. The Morgan fingerprint density at radius 2 is 1.94 bits per heavy atom. The van der Waals surface area contributed by atoms with Crippen molar-refractivity contribution in [3.63, 3.8) is 0 Å². The second-order valence-electron chi connectivity index (χ2n) is 5.83. The summed E-state index contributed by atoms with van der Waals surface area (Å²) in [5, 5.41) is 3.80. The lowest BCUT2D eigenvalue weighted by Crippen LogP contribution is -2.14. The summed E-state index contributed by atoms with van der Waals surface area (Å²) in [7, 11) is 0. The van der Waals surface area contributed by atoms with Crippen LogP contribution in [0.2, 0.25) is 5.15 Å². The Hall–Kier alpha value is -0.830. The van der Waals surface area contributed by atoms with Gasteiger partial charge in [-0.1, -0.05) is 46.2 Å². The molecule has 0 aliphatic carbocycles. The topological polar surface area (TPSA) is 37.8 Å². The number of nitrogens with zero attached hydrogens (tertiary/aromatic N) is 2. The molecule has 0 aliphatic rings. The fraction of sp³-hybridized carbons (Fsp3) is 0.692. The van der Waals surface area contributed by atoms with Gasteiger partial charge in [-0.15, -0.1) is 0 Å². The average Bonchev–Trinajstić information content (AvgIpc) is 2.14. The molecule has 0 saturated heterocycles. The summed E-state index contributed by atoms with van der Waals surface area (Å²) in [5.74, 6) is 1.89. The molecule has 1 heterocycles. The van der Waals surface area contributed by atoms with Gasteiger partial charge in [-0.3, -0.25) is 0 Å². The minimum absolute atomic E-state index is 0.289. The molecule has 0 aromatic carbocycles. The Morgan fingerprint density at radius 3 is 2.47 bits per heavy atom. The predicted molar refractivity (Wildman–Crippen MR) is 73.7 cm³/mol. The van der Waals surface area contributed by atoms with Crippen LogP contribution in [0.5, 0.6) is 0 Å². The molecule has 0 spiro atoms. The van der Waals surface area contributed by atoms with Crippen LogP contribution in [0.3, 0.4) is 0 Å². The Kier molecular flexibility index (Phi) is 4.75. The summed E-state index contributed by atoms with van der Waals surface area (Å²) in [6.45, 7) is 11.7. The first-order valence-corrected chi connectivity index (χ1v) is 6.44. The molecule has 0 bridgehead atoms. The molecule has 1 aromatic heterocycles. The minimum Gasteiger partial charge on any atom is -0.370 e. The van der Waals surface area contributed by atoms with Crippen molar-refractivity contribution in [3.8, 4) is 0 Å². The molecule has 0 unspecified atom stereocenters. The van der Waals surface area contributed by atoms with E-state index in [1.54, 1.807) is 6.07 Å². The lowest BCUT2D eigenvalue weighted by molar-refractivity contribution is 0.389. The Balaban J connectivity index is 2.65. The molecule has 17 heavy (non-hydrogen) atoms. The molecule has 0 fully saturated rings. The van der Waals surface area contributed by atoms with Gasteiger partial charge in [0.25, 0.3) is 0 Å². The van der Waals surface area contributed by atoms with Gasteiger partial charge in [-0.05, 0) is 11.8 Å². The van der Waals surface area contributed by atoms with Crippen LogP contribution < -0.4 is 5.32 Å². The standard InChI is InChI=1S/C13H22ClN3/c1-9(2)12-16-10(14)8-11(17-12)15-7-6-13(3,4)5/h8-9H,6-7H2,1-5H3,(H,15,16,17). The number of halogens is 1. The Morgan fingerprint density at radius 1 is 1.29 bits per heavy atom. The van der Waals surface area contributed by atoms with Crippen molar-refractivity contribution in [3.05, 3.63) is 17.0 Å². The monoisotopic (exact) mass is 255 g/mol. The molecular weight excluding hydrogens is 234 g/mol. The molecule has 0 amide bonds.